The lowest BCUT2D eigenvalue weighted by molar-refractivity contribution is -0.142. The summed E-state index contributed by atoms with van der Waals surface area (Å²) in [5.74, 6) is -0.789. The van der Waals surface area contributed by atoms with Crippen LogP contribution < -0.4 is 10.1 Å². The standard InChI is InChI=1S/C23H25N3O6S/c1-3-26(4-2)33(29,30)21-7-5-6-19(16-21)25-22(27)17-32-23(28)13-10-18-8-11-20(12-9-18)31-15-14-24/h5-13,16H,3-4,15,17H2,1-2H3,(H,25,27)/b13-10+. The minimum Gasteiger partial charge on any atom is -0.479 e. The molecule has 2 aromatic carbocycles. The molecule has 10 heteroatoms. The van der Waals surface area contributed by atoms with Crippen LogP contribution >= 0.6 is 0 Å². The molecule has 0 atom stereocenters. The van der Waals surface area contributed by atoms with Gasteiger partial charge in [-0.05, 0) is 42.0 Å². The number of hydrogen-bond donors (Lipinski definition) is 1. The van der Waals surface area contributed by atoms with Crippen molar-refractivity contribution in [1.82, 2.24) is 4.31 Å². The van der Waals surface area contributed by atoms with Crippen LogP contribution in [0, 0.1) is 11.3 Å². The van der Waals surface area contributed by atoms with E-state index in [-0.39, 0.29) is 17.2 Å². The van der Waals surface area contributed by atoms with Crippen LogP contribution in [0.15, 0.2) is 59.5 Å². The largest absolute Gasteiger partial charge is 0.479 e. The van der Waals surface area contributed by atoms with Crippen LogP contribution in [0.4, 0.5) is 5.69 Å². The van der Waals surface area contributed by atoms with Crippen molar-refractivity contribution in [3.8, 4) is 11.8 Å². The molecule has 0 fully saturated rings. The maximum absolute atomic E-state index is 12.6. The topological polar surface area (TPSA) is 126 Å². The fourth-order valence-electron chi connectivity index (χ4n) is 2.78. The average molecular weight is 472 g/mol. The first-order valence-corrected chi connectivity index (χ1v) is 11.6. The highest BCUT2D eigenvalue weighted by Gasteiger charge is 2.21. The minimum absolute atomic E-state index is 0.0559. The number of nitrogens with zero attached hydrogens (tertiary/aromatic N) is 2. The highest BCUT2D eigenvalue weighted by atomic mass is 32.2. The molecule has 2 aromatic rings. The number of ether oxygens (including phenoxy) is 2. The summed E-state index contributed by atoms with van der Waals surface area (Å²) < 4.78 is 36.6. The maximum atomic E-state index is 12.6. The smallest absolute Gasteiger partial charge is 0.331 e. The number of nitrogens with one attached hydrogen (secondary N) is 1. The van der Waals surface area contributed by atoms with E-state index in [9.17, 15) is 18.0 Å². The number of hydrogen-bond acceptors (Lipinski definition) is 7. The van der Waals surface area contributed by atoms with Crippen molar-refractivity contribution < 1.29 is 27.5 Å². The van der Waals surface area contributed by atoms with Gasteiger partial charge < -0.3 is 14.8 Å². The van der Waals surface area contributed by atoms with Crippen LogP contribution in [0.25, 0.3) is 6.08 Å². The summed E-state index contributed by atoms with van der Waals surface area (Å²) >= 11 is 0. The Labute approximate surface area is 193 Å². The summed E-state index contributed by atoms with van der Waals surface area (Å²) in [6.07, 6.45) is 2.69. The fraction of sp³-hybridized carbons (Fsp3) is 0.261. The highest BCUT2D eigenvalue weighted by molar-refractivity contribution is 7.89. The first kappa shape index (κ1) is 25.6. The van der Waals surface area contributed by atoms with Gasteiger partial charge in [0.2, 0.25) is 10.0 Å². The number of carbonyl (C=O) groups excluding carboxylic acids is 2. The number of nitriles is 1. The van der Waals surface area contributed by atoms with E-state index >= 15 is 0 Å². The number of rotatable bonds is 11. The van der Waals surface area contributed by atoms with Crippen LogP contribution in [0.5, 0.6) is 5.75 Å². The predicted octanol–water partition coefficient (Wildman–Crippen LogP) is 2.81. The van der Waals surface area contributed by atoms with E-state index < -0.39 is 28.5 Å². The van der Waals surface area contributed by atoms with Crippen LogP contribution in [0.3, 0.4) is 0 Å². The van der Waals surface area contributed by atoms with Gasteiger partial charge in [0, 0.05) is 24.9 Å². The summed E-state index contributed by atoms with van der Waals surface area (Å²) in [5.41, 5.74) is 0.977. The Kier molecular flexibility index (Phi) is 9.60. The van der Waals surface area contributed by atoms with E-state index in [1.165, 1.54) is 34.7 Å². The van der Waals surface area contributed by atoms with E-state index in [1.54, 1.807) is 44.2 Å². The summed E-state index contributed by atoms with van der Waals surface area (Å²) in [6.45, 7) is 3.57. The minimum atomic E-state index is -3.66. The van der Waals surface area contributed by atoms with Crippen molar-refractivity contribution in [1.29, 1.82) is 5.26 Å². The van der Waals surface area contributed by atoms with Gasteiger partial charge in [0.05, 0.1) is 4.90 Å². The molecule has 1 N–H and O–H groups in total. The van der Waals surface area contributed by atoms with Crippen molar-refractivity contribution >= 4 is 33.7 Å². The van der Waals surface area contributed by atoms with Gasteiger partial charge in [-0.2, -0.15) is 9.57 Å². The molecule has 0 unspecified atom stereocenters. The third kappa shape index (κ3) is 7.75. The van der Waals surface area contributed by atoms with E-state index in [4.69, 9.17) is 14.7 Å². The Morgan fingerprint density at radius 3 is 2.45 bits per heavy atom. The maximum Gasteiger partial charge on any atom is 0.331 e. The molecule has 0 heterocycles. The number of benzene rings is 2. The molecule has 0 aromatic heterocycles. The lowest BCUT2D eigenvalue weighted by Crippen LogP contribution is -2.30. The number of esters is 1. The summed E-state index contributed by atoms with van der Waals surface area (Å²) in [4.78, 5) is 24.0. The lowest BCUT2D eigenvalue weighted by Gasteiger charge is -2.18. The Bertz CT molecular complexity index is 1130. The van der Waals surface area contributed by atoms with Gasteiger partial charge in [-0.3, -0.25) is 4.79 Å². The molecular weight excluding hydrogens is 446 g/mol. The molecule has 33 heavy (non-hydrogen) atoms. The Morgan fingerprint density at radius 2 is 1.82 bits per heavy atom. The van der Waals surface area contributed by atoms with E-state index in [1.807, 2.05) is 6.07 Å². The summed E-state index contributed by atoms with van der Waals surface area (Å²) in [5, 5.41) is 11.0. The van der Waals surface area contributed by atoms with Crippen LogP contribution in [0.2, 0.25) is 0 Å². The van der Waals surface area contributed by atoms with Gasteiger partial charge in [0.1, 0.15) is 11.8 Å². The monoisotopic (exact) mass is 471 g/mol. The van der Waals surface area contributed by atoms with Crippen molar-refractivity contribution in [3.63, 3.8) is 0 Å². The molecule has 0 radical (unpaired) electrons. The van der Waals surface area contributed by atoms with Gasteiger partial charge >= 0.3 is 5.97 Å². The van der Waals surface area contributed by atoms with Gasteiger partial charge in [0.25, 0.3) is 5.91 Å². The van der Waals surface area contributed by atoms with Gasteiger partial charge in [-0.1, -0.05) is 32.0 Å². The first-order chi connectivity index (χ1) is 15.8. The Balaban J connectivity index is 1.89. The number of carbonyl (C=O) groups is 2. The molecule has 2 rings (SSSR count). The number of anilines is 1. The van der Waals surface area contributed by atoms with Gasteiger partial charge in [-0.25, -0.2) is 13.2 Å². The van der Waals surface area contributed by atoms with Gasteiger partial charge in [-0.15, -0.1) is 0 Å². The van der Waals surface area contributed by atoms with Crippen LogP contribution in [0.1, 0.15) is 19.4 Å². The van der Waals surface area contributed by atoms with Crippen molar-refractivity contribution in [2.24, 2.45) is 0 Å². The van der Waals surface area contributed by atoms with E-state index in [0.29, 0.717) is 24.4 Å². The Hall–Kier alpha value is -3.68. The molecule has 174 valence electrons. The van der Waals surface area contributed by atoms with Crippen LogP contribution in [-0.2, 0) is 24.3 Å². The second-order valence-electron chi connectivity index (χ2n) is 6.62. The quantitative estimate of drug-likeness (QED) is 0.394. The lowest BCUT2D eigenvalue weighted by atomic mass is 10.2. The molecule has 1 amide bonds. The van der Waals surface area contributed by atoms with Gasteiger partial charge in [0.15, 0.2) is 13.2 Å². The molecule has 0 aliphatic heterocycles. The van der Waals surface area contributed by atoms with Crippen molar-refractivity contribution in [2.45, 2.75) is 18.7 Å². The molecule has 0 bridgehead atoms. The third-order valence-electron chi connectivity index (χ3n) is 4.40. The zero-order valence-corrected chi connectivity index (χ0v) is 19.2. The third-order valence-corrected chi connectivity index (χ3v) is 6.45. The number of amides is 1. The van der Waals surface area contributed by atoms with Crippen molar-refractivity contribution in [3.05, 3.63) is 60.2 Å². The van der Waals surface area contributed by atoms with E-state index in [2.05, 4.69) is 5.32 Å². The second-order valence-corrected chi connectivity index (χ2v) is 8.56. The molecule has 0 saturated carbocycles. The van der Waals surface area contributed by atoms with E-state index in [0.717, 1.165) is 0 Å². The summed E-state index contributed by atoms with van der Waals surface area (Å²) in [7, 11) is -3.66. The second kappa shape index (κ2) is 12.4. The zero-order chi connectivity index (χ0) is 24.3. The predicted molar refractivity (Wildman–Crippen MR) is 123 cm³/mol. The molecular formula is C23H25N3O6S. The zero-order valence-electron chi connectivity index (χ0n) is 18.4. The normalized spacial score (nSPS) is 11.2. The molecule has 0 spiro atoms. The molecule has 0 aliphatic rings. The summed E-state index contributed by atoms with van der Waals surface area (Å²) in [6, 6.07) is 14.5. The SMILES string of the molecule is CCN(CC)S(=O)(=O)c1cccc(NC(=O)COC(=O)/C=C/c2ccc(OCC#N)cc2)c1. The first-order valence-electron chi connectivity index (χ1n) is 10.1. The number of sulfonamides is 1. The highest BCUT2D eigenvalue weighted by Crippen LogP contribution is 2.19. The average Bonchev–Trinajstić information content (AvgIpc) is 2.81. The molecule has 0 aliphatic carbocycles. The van der Waals surface area contributed by atoms with Crippen LogP contribution in [-0.4, -0.2) is 50.9 Å². The fourth-order valence-corrected chi connectivity index (χ4v) is 4.29. The molecule has 9 nitrogen and oxygen atoms in total. The Morgan fingerprint density at radius 1 is 1.12 bits per heavy atom. The molecule has 0 saturated heterocycles. The van der Waals surface area contributed by atoms with Crippen molar-refractivity contribution in [2.75, 3.05) is 31.6 Å².